The molecule has 0 aromatic carbocycles. The lowest BCUT2D eigenvalue weighted by Crippen LogP contribution is -2.58. The van der Waals surface area contributed by atoms with Gasteiger partial charge >= 0.3 is 5.97 Å². The van der Waals surface area contributed by atoms with E-state index in [0.29, 0.717) is 32.4 Å². The van der Waals surface area contributed by atoms with E-state index in [1.807, 2.05) is 0 Å². The first-order valence-electron chi connectivity index (χ1n) is 9.18. The van der Waals surface area contributed by atoms with Gasteiger partial charge in [-0.1, -0.05) is 0 Å². The van der Waals surface area contributed by atoms with Crippen molar-refractivity contribution >= 4 is 11.9 Å². The van der Waals surface area contributed by atoms with Gasteiger partial charge in [0.2, 0.25) is 5.91 Å². The number of aliphatic hydroxyl groups is 4. The molecular formula is C17H32N2O8. The normalized spacial score (nSPS) is 29.2. The summed E-state index contributed by atoms with van der Waals surface area (Å²) < 4.78 is 10.1. The Balaban J connectivity index is 2.22. The molecule has 10 nitrogen and oxygen atoms in total. The van der Waals surface area contributed by atoms with Crippen molar-refractivity contribution in [2.45, 2.75) is 69.2 Å². The summed E-state index contributed by atoms with van der Waals surface area (Å²) >= 11 is 0. The minimum Gasteiger partial charge on any atom is -0.467 e. The van der Waals surface area contributed by atoms with Crippen LogP contribution in [-0.4, -0.2) is 95.7 Å². The summed E-state index contributed by atoms with van der Waals surface area (Å²) in [6, 6.07) is -0.651. The van der Waals surface area contributed by atoms with E-state index in [0.717, 1.165) is 6.42 Å². The summed E-state index contributed by atoms with van der Waals surface area (Å²) in [5.41, 5.74) is 0. The summed E-state index contributed by atoms with van der Waals surface area (Å²) in [7, 11) is 1.28. The minimum atomic E-state index is -1.36. The van der Waals surface area contributed by atoms with Gasteiger partial charge in [-0.3, -0.25) is 4.79 Å². The van der Waals surface area contributed by atoms with E-state index in [2.05, 4.69) is 15.4 Å². The van der Waals surface area contributed by atoms with E-state index in [1.54, 1.807) is 0 Å². The number of aliphatic hydroxyl groups excluding tert-OH is 4. The highest BCUT2D eigenvalue weighted by molar-refractivity contribution is 5.83. The van der Waals surface area contributed by atoms with Crippen molar-refractivity contribution in [1.82, 2.24) is 10.6 Å². The number of hydrogen-bond acceptors (Lipinski definition) is 9. The van der Waals surface area contributed by atoms with Crippen molar-refractivity contribution in [2.75, 3.05) is 26.8 Å². The van der Waals surface area contributed by atoms with Crippen LogP contribution in [0.4, 0.5) is 0 Å². The summed E-state index contributed by atoms with van der Waals surface area (Å²) in [5, 5.41) is 44.3. The molecule has 1 saturated heterocycles. The highest BCUT2D eigenvalue weighted by Crippen LogP contribution is 2.22. The smallest absolute Gasteiger partial charge is 0.328 e. The number of unbranched alkanes of at least 4 members (excludes halogenated alkanes) is 1. The molecule has 158 valence electrons. The number of methoxy groups -OCH3 is 1. The standard InChI is InChI=1S/C17H32N2O8/c1-10(21)19-11(17(25)26-2)5-3-4-7-18-8-6-12-14(22)16(24)15(23)13(9-20)27-12/h11-16,18,20,22-24H,3-9H2,1-2H3,(H,19,21)/t11-,12+,13+,14-,15+,16+/m0/s1. The maximum atomic E-state index is 11.6. The van der Waals surface area contributed by atoms with E-state index < -0.39 is 49.1 Å². The van der Waals surface area contributed by atoms with Crippen molar-refractivity contribution < 1.29 is 39.5 Å². The second-order valence-corrected chi connectivity index (χ2v) is 6.68. The Bertz CT molecular complexity index is 462. The van der Waals surface area contributed by atoms with Gasteiger partial charge in [0.05, 0.1) is 19.8 Å². The number of nitrogens with one attached hydrogen (secondary N) is 2. The zero-order valence-electron chi connectivity index (χ0n) is 15.8. The molecule has 1 amide bonds. The van der Waals surface area contributed by atoms with Crippen molar-refractivity contribution in [1.29, 1.82) is 0 Å². The van der Waals surface area contributed by atoms with E-state index >= 15 is 0 Å². The maximum absolute atomic E-state index is 11.6. The largest absolute Gasteiger partial charge is 0.467 e. The van der Waals surface area contributed by atoms with Crippen LogP contribution in [0.25, 0.3) is 0 Å². The minimum absolute atomic E-state index is 0.289. The second-order valence-electron chi connectivity index (χ2n) is 6.68. The first-order chi connectivity index (χ1) is 12.8. The molecule has 1 fully saturated rings. The number of rotatable bonds is 11. The van der Waals surface area contributed by atoms with Gasteiger partial charge in [0.1, 0.15) is 30.5 Å². The Kier molecular flexibility index (Phi) is 10.7. The highest BCUT2D eigenvalue weighted by Gasteiger charge is 2.42. The molecule has 0 aromatic rings. The summed E-state index contributed by atoms with van der Waals surface area (Å²) in [6.07, 6.45) is -3.16. The fourth-order valence-electron chi connectivity index (χ4n) is 3.02. The Morgan fingerprint density at radius 1 is 1.07 bits per heavy atom. The number of ether oxygens (including phenoxy) is 2. The lowest BCUT2D eigenvalue weighted by Gasteiger charge is -2.40. The molecule has 1 aliphatic heterocycles. The monoisotopic (exact) mass is 392 g/mol. The molecule has 1 aliphatic rings. The molecule has 0 aliphatic carbocycles. The van der Waals surface area contributed by atoms with Gasteiger partial charge in [-0.2, -0.15) is 0 Å². The summed E-state index contributed by atoms with van der Waals surface area (Å²) in [6.45, 7) is 2.07. The zero-order chi connectivity index (χ0) is 20.4. The topological polar surface area (TPSA) is 158 Å². The number of amides is 1. The molecule has 6 atom stereocenters. The van der Waals surface area contributed by atoms with Crippen LogP contribution in [0.15, 0.2) is 0 Å². The number of carbonyl (C=O) groups excluding carboxylic acids is 2. The molecule has 0 radical (unpaired) electrons. The van der Waals surface area contributed by atoms with Crippen molar-refractivity contribution in [2.24, 2.45) is 0 Å². The van der Waals surface area contributed by atoms with Crippen LogP contribution in [0.5, 0.6) is 0 Å². The highest BCUT2D eigenvalue weighted by atomic mass is 16.5. The van der Waals surface area contributed by atoms with Crippen molar-refractivity contribution in [3.8, 4) is 0 Å². The molecule has 27 heavy (non-hydrogen) atoms. The fourth-order valence-corrected chi connectivity index (χ4v) is 3.02. The number of esters is 1. The Hall–Kier alpha value is -1.30. The lowest BCUT2D eigenvalue weighted by atomic mass is 9.93. The maximum Gasteiger partial charge on any atom is 0.328 e. The molecule has 0 spiro atoms. The first kappa shape index (κ1) is 23.7. The van der Waals surface area contributed by atoms with Gasteiger partial charge in [0.15, 0.2) is 0 Å². The van der Waals surface area contributed by atoms with Gasteiger partial charge in [0.25, 0.3) is 0 Å². The third kappa shape index (κ3) is 7.68. The van der Waals surface area contributed by atoms with Gasteiger partial charge in [-0.25, -0.2) is 4.79 Å². The predicted octanol–water partition coefficient (Wildman–Crippen LogP) is -2.34. The van der Waals surface area contributed by atoms with Gasteiger partial charge in [-0.05, 0) is 38.8 Å². The second kappa shape index (κ2) is 12.2. The fraction of sp³-hybridized carbons (Fsp3) is 0.882. The van der Waals surface area contributed by atoms with Gasteiger partial charge in [-0.15, -0.1) is 0 Å². The average molecular weight is 392 g/mol. The molecule has 0 unspecified atom stereocenters. The third-order valence-electron chi connectivity index (χ3n) is 4.56. The van der Waals surface area contributed by atoms with Gasteiger partial charge < -0.3 is 40.5 Å². The third-order valence-corrected chi connectivity index (χ3v) is 4.56. The number of carbonyl (C=O) groups is 2. The summed E-state index contributed by atoms with van der Waals surface area (Å²) in [5.74, 6) is -0.760. The molecule has 1 heterocycles. The van der Waals surface area contributed by atoms with E-state index in [9.17, 15) is 24.9 Å². The zero-order valence-corrected chi connectivity index (χ0v) is 15.8. The van der Waals surface area contributed by atoms with Crippen LogP contribution in [0.1, 0.15) is 32.6 Å². The first-order valence-corrected chi connectivity index (χ1v) is 9.18. The summed E-state index contributed by atoms with van der Waals surface area (Å²) in [4.78, 5) is 22.7. The quantitative estimate of drug-likeness (QED) is 0.167. The molecule has 0 saturated carbocycles. The lowest BCUT2D eigenvalue weighted by molar-refractivity contribution is -0.229. The Labute approximate surface area is 158 Å². The predicted molar refractivity (Wildman–Crippen MR) is 94.7 cm³/mol. The average Bonchev–Trinajstić information content (AvgIpc) is 2.65. The van der Waals surface area contributed by atoms with E-state index in [1.165, 1.54) is 14.0 Å². The molecule has 0 bridgehead atoms. The van der Waals surface area contributed by atoms with E-state index in [-0.39, 0.29) is 5.91 Å². The Morgan fingerprint density at radius 3 is 2.33 bits per heavy atom. The van der Waals surface area contributed by atoms with Crippen LogP contribution in [0, 0.1) is 0 Å². The molecule has 1 rings (SSSR count). The van der Waals surface area contributed by atoms with E-state index in [4.69, 9.17) is 9.84 Å². The molecule has 0 aromatic heterocycles. The van der Waals surface area contributed by atoms with Crippen LogP contribution in [0.2, 0.25) is 0 Å². The van der Waals surface area contributed by atoms with Crippen LogP contribution in [-0.2, 0) is 19.1 Å². The molecule has 6 N–H and O–H groups in total. The van der Waals surface area contributed by atoms with Crippen LogP contribution in [0.3, 0.4) is 0 Å². The van der Waals surface area contributed by atoms with Crippen molar-refractivity contribution in [3.05, 3.63) is 0 Å². The molecule has 10 heteroatoms. The van der Waals surface area contributed by atoms with Crippen molar-refractivity contribution in [3.63, 3.8) is 0 Å². The van der Waals surface area contributed by atoms with Gasteiger partial charge in [0, 0.05) is 6.92 Å². The Morgan fingerprint density at radius 2 is 1.74 bits per heavy atom. The van der Waals surface area contributed by atoms with Crippen LogP contribution < -0.4 is 10.6 Å². The molecular weight excluding hydrogens is 360 g/mol. The van der Waals surface area contributed by atoms with Crippen LogP contribution >= 0.6 is 0 Å². The SMILES string of the molecule is COC(=O)[C@H](CCCCNCC[C@H]1O[C@H](CO)[C@@H](O)[C@H](O)[C@H]1O)NC(C)=O. The number of hydrogen-bond donors (Lipinski definition) is 6.